The molecule has 0 aliphatic heterocycles. The van der Waals surface area contributed by atoms with Crippen LogP contribution in [0.25, 0.3) is 11.4 Å². The van der Waals surface area contributed by atoms with Crippen molar-refractivity contribution in [2.75, 3.05) is 0 Å². The van der Waals surface area contributed by atoms with Crippen LogP contribution in [0.15, 0.2) is 65.8 Å². The average Bonchev–Trinajstić information content (AvgIpc) is 3.26. The van der Waals surface area contributed by atoms with Crippen LogP contribution < -0.4 is 5.43 Å². The van der Waals surface area contributed by atoms with Gasteiger partial charge >= 0.3 is 0 Å². The number of nitrogens with one attached hydrogen (secondary N) is 1. The normalized spacial score (nSPS) is 11.3. The number of hydrogen-bond acceptors (Lipinski definition) is 2. The largest absolute Gasteiger partial charge is 0.318 e. The molecule has 0 aliphatic rings. The molecular weight excluding hydrogens is 432 g/mol. The molecule has 0 unspecified atom stereocenters. The van der Waals surface area contributed by atoms with Crippen LogP contribution in [-0.4, -0.2) is 21.3 Å². The summed E-state index contributed by atoms with van der Waals surface area (Å²) in [4.78, 5) is 12.7. The highest BCUT2D eigenvalue weighted by Gasteiger charge is 2.13. The number of carbonyl (C=O) groups excluding carboxylic acids is 1. The van der Waals surface area contributed by atoms with Crippen LogP contribution in [0.5, 0.6) is 0 Å². The molecule has 0 atom stereocenters. The molecule has 2 heterocycles. The van der Waals surface area contributed by atoms with Crippen molar-refractivity contribution < 1.29 is 4.79 Å². The lowest BCUT2D eigenvalue weighted by molar-refractivity contribution is 0.0955. The number of carbonyl (C=O) groups is 1. The van der Waals surface area contributed by atoms with Crippen molar-refractivity contribution in [2.24, 2.45) is 5.10 Å². The third-order valence-corrected chi connectivity index (χ3v) is 6.17. The summed E-state index contributed by atoms with van der Waals surface area (Å²) in [7, 11) is 0. The SMILES string of the molecule is Cc1ccc(-n2c(C)cc(/C=N\NC(=O)c3ccc(-n4c(C)ccc4C)cc3Cl)c2C)cc1. The van der Waals surface area contributed by atoms with E-state index < -0.39 is 0 Å². The Morgan fingerprint density at radius 2 is 1.45 bits per heavy atom. The third kappa shape index (κ3) is 4.50. The molecule has 5 nitrogen and oxygen atoms in total. The second kappa shape index (κ2) is 9.12. The Morgan fingerprint density at radius 1 is 0.818 bits per heavy atom. The van der Waals surface area contributed by atoms with Crippen molar-refractivity contribution in [3.05, 3.63) is 105 Å². The lowest BCUT2D eigenvalue weighted by Crippen LogP contribution is -2.18. The Balaban J connectivity index is 1.51. The van der Waals surface area contributed by atoms with Crippen molar-refractivity contribution >= 4 is 23.7 Å². The zero-order valence-corrected chi connectivity index (χ0v) is 20.2. The average molecular weight is 459 g/mol. The third-order valence-electron chi connectivity index (χ3n) is 5.86. The molecule has 0 bridgehead atoms. The molecule has 168 valence electrons. The van der Waals surface area contributed by atoms with E-state index in [0.717, 1.165) is 39.7 Å². The molecule has 4 rings (SSSR count). The molecule has 0 saturated heterocycles. The Labute approximate surface area is 199 Å². The Hall–Kier alpha value is -3.57. The number of hydrogen-bond donors (Lipinski definition) is 1. The topological polar surface area (TPSA) is 51.3 Å². The summed E-state index contributed by atoms with van der Waals surface area (Å²) in [5.74, 6) is -0.351. The number of rotatable bonds is 5. The maximum atomic E-state index is 12.7. The summed E-state index contributed by atoms with van der Waals surface area (Å²) in [5.41, 5.74) is 11.5. The predicted octanol–water partition coefficient (Wildman–Crippen LogP) is 6.23. The van der Waals surface area contributed by atoms with Gasteiger partial charge in [0.2, 0.25) is 0 Å². The van der Waals surface area contributed by atoms with Crippen LogP contribution in [0.1, 0.15) is 44.3 Å². The molecule has 0 aliphatic carbocycles. The zero-order valence-electron chi connectivity index (χ0n) is 19.5. The molecule has 0 radical (unpaired) electrons. The first-order valence-electron chi connectivity index (χ1n) is 10.8. The zero-order chi connectivity index (χ0) is 23.7. The fraction of sp³-hybridized carbons (Fsp3) is 0.185. The van der Waals surface area contributed by atoms with Gasteiger partial charge in [0, 0.05) is 39.7 Å². The van der Waals surface area contributed by atoms with Crippen molar-refractivity contribution in [3.63, 3.8) is 0 Å². The summed E-state index contributed by atoms with van der Waals surface area (Å²) < 4.78 is 4.26. The van der Waals surface area contributed by atoms with Gasteiger partial charge in [0.15, 0.2) is 0 Å². The smallest absolute Gasteiger partial charge is 0.272 e. The molecule has 0 fully saturated rings. The second-order valence-corrected chi connectivity index (χ2v) is 8.72. The Kier molecular flexibility index (Phi) is 6.25. The predicted molar refractivity (Wildman–Crippen MR) is 135 cm³/mol. The van der Waals surface area contributed by atoms with E-state index in [1.165, 1.54) is 5.56 Å². The van der Waals surface area contributed by atoms with Crippen molar-refractivity contribution in [1.29, 1.82) is 0 Å². The van der Waals surface area contributed by atoms with Crippen molar-refractivity contribution in [2.45, 2.75) is 34.6 Å². The highest BCUT2D eigenvalue weighted by atomic mass is 35.5. The van der Waals surface area contributed by atoms with Gasteiger partial charge in [0.05, 0.1) is 16.8 Å². The molecule has 1 N–H and O–H groups in total. The summed E-state index contributed by atoms with van der Waals surface area (Å²) in [6.45, 7) is 10.2. The van der Waals surface area contributed by atoms with Crippen molar-refractivity contribution in [1.82, 2.24) is 14.6 Å². The number of halogens is 1. The van der Waals surface area contributed by atoms with E-state index >= 15 is 0 Å². The van der Waals surface area contributed by atoms with Crippen LogP contribution >= 0.6 is 11.6 Å². The van der Waals surface area contributed by atoms with Gasteiger partial charge in [-0.2, -0.15) is 5.10 Å². The minimum Gasteiger partial charge on any atom is -0.318 e. The number of nitrogens with zero attached hydrogens (tertiary/aromatic N) is 3. The van der Waals surface area contributed by atoms with E-state index in [2.05, 4.69) is 57.8 Å². The van der Waals surface area contributed by atoms with Gasteiger partial charge in [0.1, 0.15) is 0 Å². The molecule has 4 aromatic rings. The Bertz CT molecular complexity index is 1340. The van der Waals surface area contributed by atoms with Crippen LogP contribution in [0, 0.1) is 34.6 Å². The fourth-order valence-corrected chi connectivity index (χ4v) is 4.39. The van der Waals surface area contributed by atoms with Gasteiger partial charge in [-0.05, 0) is 83.1 Å². The van der Waals surface area contributed by atoms with Crippen LogP contribution in [0.3, 0.4) is 0 Å². The van der Waals surface area contributed by atoms with Crippen LogP contribution in [0.2, 0.25) is 5.02 Å². The Morgan fingerprint density at radius 3 is 2.09 bits per heavy atom. The highest BCUT2D eigenvalue weighted by Crippen LogP contribution is 2.24. The van der Waals surface area contributed by atoms with Gasteiger partial charge in [-0.25, -0.2) is 5.43 Å². The minimum atomic E-state index is -0.351. The molecule has 2 aromatic heterocycles. The minimum absolute atomic E-state index is 0.351. The van der Waals surface area contributed by atoms with Crippen LogP contribution in [-0.2, 0) is 0 Å². The monoisotopic (exact) mass is 458 g/mol. The highest BCUT2D eigenvalue weighted by molar-refractivity contribution is 6.34. The number of amides is 1. The molecule has 1 amide bonds. The first-order chi connectivity index (χ1) is 15.8. The van der Waals surface area contributed by atoms with E-state index in [9.17, 15) is 4.79 Å². The standard InChI is InChI=1S/C27H27ClN4O/c1-17-6-10-23(11-7-17)32-20(4)14-22(21(32)5)16-29-30-27(33)25-13-12-24(15-26(25)28)31-18(2)8-9-19(31)3/h6-16H,1-5H3,(H,30,33)/b29-16-. The summed E-state index contributed by atoms with van der Waals surface area (Å²) in [5, 5.41) is 4.56. The second-order valence-electron chi connectivity index (χ2n) is 8.31. The summed E-state index contributed by atoms with van der Waals surface area (Å²) in [6.07, 6.45) is 1.67. The maximum Gasteiger partial charge on any atom is 0.272 e. The number of benzene rings is 2. The van der Waals surface area contributed by atoms with Crippen molar-refractivity contribution in [3.8, 4) is 11.4 Å². The van der Waals surface area contributed by atoms with E-state index in [-0.39, 0.29) is 5.91 Å². The lowest BCUT2D eigenvalue weighted by Gasteiger charge is -2.11. The first kappa shape index (κ1) is 22.6. The fourth-order valence-electron chi connectivity index (χ4n) is 4.13. The van der Waals surface area contributed by atoms with E-state index in [0.29, 0.717) is 10.6 Å². The molecular formula is C27H27ClN4O. The van der Waals surface area contributed by atoms with Crippen LogP contribution in [0.4, 0.5) is 0 Å². The molecule has 0 spiro atoms. The molecule has 2 aromatic carbocycles. The molecule has 33 heavy (non-hydrogen) atoms. The number of aromatic nitrogens is 2. The van der Waals surface area contributed by atoms with Gasteiger partial charge < -0.3 is 9.13 Å². The first-order valence-corrected chi connectivity index (χ1v) is 11.2. The summed E-state index contributed by atoms with van der Waals surface area (Å²) in [6, 6.07) is 19.9. The molecule has 0 saturated carbocycles. The van der Waals surface area contributed by atoms with Gasteiger partial charge in [-0.3, -0.25) is 4.79 Å². The number of hydrazone groups is 1. The van der Waals surface area contributed by atoms with E-state index in [4.69, 9.17) is 11.6 Å². The lowest BCUT2D eigenvalue weighted by atomic mass is 10.2. The maximum absolute atomic E-state index is 12.7. The number of aryl methyl sites for hydroxylation is 4. The molecule has 6 heteroatoms. The van der Waals surface area contributed by atoms with Gasteiger partial charge in [0.25, 0.3) is 5.91 Å². The van der Waals surface area contributed by atoms with Gasteiger partial charge in [-0.1, -0.05) is 29.3 Å². The summed E-state index contributed by atoms with van der Waals surface area (Å²) >= 11 is 6.44. The van der Waals surface area contributed by atoms with E-state index in [1.807, 2.05) is 45.0 Å². The van der Waals surface area contributed by atoms with E-state index in [1.54, 1.807) is 18.3 Å². The van der Waals surface area contributed by atoms with Gasteiger partial charge in [-0.15, -0.1) is 0 Å². The quantitative estimate of drug-likeness (QED) is 0.280.